The van der Waals surface area contributed by atoms with Gasteiger partial charge in [-0.25, -0.2) is 8.78 Å². The zero-order valence-corrected chi connectivity index (χ0v) is 10.8. The Bertz CT molecular complexity index is 659. The Morgan fingerprint density at radius 1 is 1.35 bits per heavy atom. The van der Waals surface area contributed by atoms with Gasteiger partial charge in [-0.3, -0.25) is 9.78 Å². The molecule has 4 nitrogen and oxygen atoms in total. The van der Waals surface area contributed by atoms with Crippen LogP contribution in [0.25, 0.3) is 0 Å². The van der Waals surface area contributed by atoms with Crippen LogP contribution in [-0.2, 0) is 6.54 Å². The summed E-state index contributed by atoms with van der Waals surface area (Å²) in [6.45, 7) is 2.08. The van der Waals surface area contributed by atoms with Crippen molar-refractivity contribution in [3.63, 3.8) is 0 Å². The van der Waals surface area contributed by atoms with E-state index in [0.29, 0.717) is 6.07 Å². The van der Waals surface area contributed by atoms with E-state index in [2.05, 4.69) is 10.3 Å². The third-order valence-corrected chi connectivity index (χ3v) is 2.91. The highest BCUT2D eigenvalue weighted by Crippen LogP contribution is 2.16. The van der Waals surface area contributed by atoms with E-state index >= 15 is 0 Å². The first kappa shape index (κ1) is 13.9. The van der Waals surface area contributed by atoms with Gasteiger partial charge in [-0.15, -0.1) is 0 Å². The molecule has 1 amide bonds. The number of hydrogen-bond donors (Lipinski definition) is 2. The van der Waals surface area contributed by atoms with Crippen LogP contribution in [0.15, 0.2) is 30.6 Å². The number of rotatable bonds is 3. The number of nitrogens with two attached hydrogens (primary N) is 1. The van der Waals surface area contributed by atoms with Crippen molar-refractivity contribution in [1.29, 1.82) is 0 Å². The summed E-state index contributed by atoms with van der Waals surface area (Å²) >= 11 is 0. The van der Waals surface area contributed by atoms with E-state index in [4.69, 9.17) is 5.73 Å². The number of carbonyl (C=O) groups is 1. The predicted octanol–water partition coefficient (Wildman–Crippen LogP) is 2.18. The standard InChI is InChI=1S/C14H13F2N3O/c1-8-6-18-3-2-9(8)7-19-14(20)10-4-13(17)12(16)5-11(10)15/h2-6H,7,17H2,1H3,(H,19,20). The summed E-state index contributed by atoms with van der Waals surface area (Å²) in [6, 6.07) is 3.34. The molecule has 0 aliphatic carbocycles. The Balaban J connectivity index is 2.13. The Morgan fingerprint density at radius 2 is 2.10 bits per heavy atom. The van der Waals surface area contributed by atoms with Crippen molar-refractivity contribution in [1.82, 2.24) is 10.3 Å². The molecular weight excluding hydrogens is 264 g/mol. The van der Waals surface area contributed by atoms with E-state index in [9.17, 15) is 13.6 Å². The SMILES string of the molecule is Cc1cnccc1CNC(=O)c1cc(N)c(F)cc1F. The molecule has 0 spiro atoms. The number of amides is 1. The van der Waals surface area contributed by atoms with Crippen molar-refractivity contribution in [2.24, 2.45) is 0 Å². The molecule has 6 heteroatoms. The number of hydrogen-bond acceptors (Lipinski definition) is 3. The molecule has 3 N–H and O–H groups in total. The molecule has 20 heavy (non-hydrogen) atoms. The van der Waals surface area contributed by atoms with Gasteiger partial charge in [-0.1, -0.05) is 0 Å². The quantitative estimate of drug-likeness (QED) is 0.845. The molecular formula is C14H13F2N3O. The summed E-state index contributed by atoms with van der Waals surface area (Å²) in [5.74, 6) is -2.48. The minimum Gasteiger partial charge on any atom is -0.396 e. The molecule has 0 saturated carbocycles. The average molecular weight is 277 g/mol. The maximum Gasteiger partial charge on any atom is 0.254 e. The molecule has 0 fully saturated rings. The number of benzene rings is 1. The second-order valence-electron chi connectivity index (χ2n) is 4.34. The van der Waals surface area contributed by atoms with Crippen molar-refractivity contribution in [2.45, 2.75) is 13.5 Å². The van der Waals surface area contributed by atoms with Gasteiger partial charge < -0.3 is 11.1 Å². The Morgan fingerprint density at radius 3 is 2.80 bits per heavy atom. The van der Waals surface area contributed by atoms with Gasteiger partial charge in [0.2, 0.25) is 0 Å². The van der Waals surface area contributed by atoms with Crippen LogP contribution < -0.4 is 11.1 Å². The number of aryl methyl sites for hydroxylation is 1. The Kier molecular flexibility index (Phi) is 3.93. The van der Waals surface area contributed by atoms with Crippen molar-refractivity contribution in [3.8, 4) is 0 Å². The lowest BCUT2D eigenvalue weighted by molar-refractivity contribution is 0.0947. The van der Waals surface area contributed by atoms with Crippen LogP contribution in [0, 0.1) is 18.6 Å². The van der Waals surface area contributed by atoms with E-state index in [1.165, 1.54) is 0 Å². The maximum absolute atomic E-state index is 13.5. The van der Waals surface area contributed by atoms with E-state index in [0.717, 1.165) is 17.2 Å². The molecule has 104 valence electrons. The third kappa shape index (κ3) is 2.90. The highest BCUT2D eigenvalue weighted by atomic mass is 19.1. The third-order valence-electron chi connectivity index (χ3n) is 2.91. The minimum absolute atomic E-state index is 0.226. The van der Waals surface area contributed by atoms with Gasteiger partial charge in [-0.2, -0.15) is 0 Å². The van der Waals surface area contributed by atoms with Crippen LogP contribution in [0.2, 0.25) is 0 Å². The molecule has 0 aliphatic rings. The van der Waals surface area contributed by atoms with E-state index in [1.807, 2.05) is 6.92 Å². The summed E-state index contributed by atoms with van der Waals surface area (Å²) in [5.41, 5.74) is 6.55. The molecule has 0 bridgehead atoms. The van der Waals surface area contributed by atoms with Crippen molar-refractivity contribution >= 4 is 11.6 Å². The van der Waals surface area contributed by atoms with Gasteiger partial charge >= 0.3 is 0 Å². The maximum atomic E-state index is 13.5. The summed E-state index contributed by atoms with van der Waals surface area (Å²) in [4.78, 5) is 15.8. The minimum atomic E-state index is -0.944. The number of nitrogens with one attached hydrogen (secondary N) is 1. The highest BCUT2D eigenvalue weighted by Gasteiger charge is 2.14. The summed E-state index contributed by atoms with van der Waals surface area (Å²) in [7, 11) is 0. The summed E-state index contributed by atoms with van der Waals surface area (Å²) < 4.78 is 26.5. The fourth-order valence-electron chi connectivity index (χ4n) is 1.71. The van der Waals surface area contributed by atoms with Crippen LogP contribution >= 0.6 is 0 Å². The van der Waals surface area contributed by atoms with Gasteiger partial charge in [0, 0.05) is 25.0 Å². The number of nitrogens with zero attached hydrogens (tertiary/aromatic N) is 1. The van der Waals surface area contributed by atoms with Crippen LogP contribution in [-0.4, -0.2) is 10.9 Å². The fraction of sp³-hybridized carbons (Fsp3) is 0.143. The zero-order chi connectivity index (χ0) is 14.7. The molecule has 0 radical (unpaired) electrons. The average Bonchev–Trinajstić information content (AvgIpc) is 2.41. The Hall–Kier alpha value is -2.50. The molecule has 1 heterocycles. The van der Waals surface area contributed by atoms with Gasteiger partial charge in [0.05, 0.1) is 11.3 Å². The molecule has 0 saturated heterocycles. The summed E-state index contributed by atoms with van der Waals surface area (Å²) in [5, 5.41) is 2.56. The lowest BCUT2D eigenvalue weighted by Gasteiger charge is -2.09. The number of halogens is 2. The highest BCUT2D eigenvalue weighted by molar-refractivity contribution is 5.95. The number of pyridine rings is 1. The number of nitrogen functional groups attached to an aromatic ring is 1. The lowest BCUT2D eigenvalue weighted by atomic mass is 10.1. The Labute approximate surface area is 114 Å². The molecule has 2 aromatic rings. The van der Waals surface area contributed by atoms with E-state index in [-0.39, 0.29) is 17.8 Å². The fourth-order valence-corrected chi connectivity index (χ4v) is 1.71. The number of aromatic nitrogens is 1. The molecule has 2 rings (SSSR count). The van der Waals surface area contributed by atoms with Crippen LogP contribution in [0.3, 0.4) is 0 Å². The first-order valence-electron chi connectivity index (χ1n) is 5.91. The van der Waals surface area contributed by atoms with Crippen molar-refractivity contribution < 1.29 is 13.6 Å². The van der Waals surface area contributed by atoms with Gasteiger partial charge in [-0.05, 0) is 30.2 Å². The van der Waals surface area contributed by atoms with Gasteiger partial charge in [0.1, 0.15) is 11.6 Å². The van der Waals surface area contributed by atoms with Gasteiger partial charge in [0.15, 0.2) is 0 Å². The molecule has 1 aromatic carbocycles. The monoisotopic (exact) mass is 277 g/mol. The molecule has 1 aromatic heterocycles. The predicted molar refractivity (Wildman–Crippen MR) is 70.9 cm³/mol. The van der Waals surface area contributed by atoms with Crippen molar-refractivity contribution in [3.05, 3.63) is 58.9 Å². The van der Waals surface area contributed by atoms with Crippen LogP contribution in [0.5, 0.6) is 0 Å². The van der Waals surface area contributed by atoms with Gasteiger partial charge in [0.25, 0.3) is 5.91 Å². The molecule has 0 atom stereocenters. The second-order valence-corrected chi connectivity index (χ2v) is 4.34. The van der Waals surface area contributed by atoms with E-state index in [1.54, 1.807) is 18.5 Å². The lowest BCUT2D eigenvalue weighted by Crippen LogP contribution is -2.24. The largest absolute Gasteiger partial charge is 0.396 e. The smallest absolute Gasteiger partial charge is 0.254 e. The van der Waals surface area contributed by atoms with E-state index < -0.39 is 17.5 Å². The number of carbonyl (C=O) groups excluding carboxylic acids is 1. The molecule has 0 unspecified atom stereocenters. The normalized spacial score (nSPS) is 10.3. The first-order chi connectivity index (χ1) is 9.49. The molecule has 0 aliphatic heterocycles. The van der Waals surface area contributed by atoms with Crippen LogP contribution in [0.1, 0.15) is 21.5 Å². The summed E-state index contributed by atoms with van der Waals surface area (Å²) in [6.07, 6.45) is 3.27. The second kappa shape index (κ2) is 5.64. The van der Waals surface area contributed by atoms with Crippen molar-refractivity contribution in [2.75, 3.05) is 5.73 Å². The topological polar surface area (TPSA) is 68.0 Å². The number of anilines is 1. The first-order valence-corrected chi connectivity index (χ1v) is 5.91. The zero-order valence-electron chi connectivity index (χ0n) is 10.8. The van der Waals surface area contributed by atoms with Crippen LogP contribution in [0.4, 0.5) is 14.5 Å².